The Bertz CT molecular complexity index is 3370. The van der Waals surface area contributed by atoms with Crippen molar-refractivity contribution in [3.63, 3.8) is 0 Å². The highest BCUT2D eigenvalue weighted by Crippen LogP contribution is 2.46. The minimum absolute atomic E-state index is 0.706. The second-order valence-corrected chi connectivity index (χ2v) is 14.8. The van der Waals surface area contributed by atoms with Crippen molar-refractivity contribution in [3.05, 3.63) is 164 Å². The molecule has 0 radical (unpaired) electrons. The predicted molar refractivity (Wildman–Crippen MR) is 222 cm³/mol. The predicted octanol–water partition coefficient (Wildman–Crippen LogP) is 13.5. The van der Waals surface area contributed by atoms with E-state index in [1.165, 1.54) is 37.0 Å². The van der Waals surface area contributed by atoms with E-state index in [4.69, 9.17) is 14.4 Å². The van der Waals surface area contributed by atoms with E-state index < -0.39 is 0 Å². The minimum Gasteiger partial charge on any atom is -0.456 e. The van der Waals surface area contributed by atoms with Crippen molar-refractivity contribution in [2.75, 3.05) is 0 Å². The lowest BCUT2D eigenvalue weighted by atomic mass is 10.0. The number of fused-ring (bicyclic) bond motifs is 11. The Hall–Kier alpha value is -6.82. The van der Waals surface area contributed by atoms with Crippen LogP contribution in [0.5, 0.6) is 0 Å². The Kier molecular flexibility index (Phi) is 5.90. The molecule has 4 nitrogen and oxygen atoms in total. The molecule has 0 aliphatic carbocycles. The summed E-state index contributed by atoms with van der Waals surface area (Å²) in [6.07, 6.45) is 0. The Labute approximate surface area is 306 Å². The largest absolute Gasteiger partial charge is 0.456 e. The highest BCUT2D eigenvalue weighted by molar-refractivity contribution is 7.26. The average molecular weight is 694 g/mol. The Morgan fingerprint density at radius 2 is 1.09 bits per heavy atom. The molecular weight excluding hydrogens is 667 g/mol. The molecule has 12 aromatic rings. The number of furan rings is 1. The first-order chi connectivity index (χ1) is 26.2. The fraction of sp³-hybridized carbons (Fsp3) is 0. The van der Waals surface area contributed by atoms with Crippen LogP contribution in [0, 0.1) is 0 Å². The van der Waals surface area contributed by atoms with Gasteiger partial charge in [-0.2, -0.15) is 0 Å². The number of nitrogens with zero attached hydrogens (tertiary/aromatic N) is 3. The standard InChI is InChI=1S/C48H27N3OS/c1-2-12-28(13-3-1)48-49-45-35-19-9-11-21-43(35)53-47(45)46(50-48)38-26-33(27-42-44(38)34-18-8-10-20-41(34)52-42)51-39-24-31-16-6-4-14-29(31)22-36(39)37-23-30-15-5-7-17-32(30)25-40(37)51/h1-27H. The lowest BCUT2D eigenvalue weighted by molar-refractivity contribution is 0.668. The maximum absolute atomic E-state index is 6.75. The van der Waals surface area contributed by atoms with Crippen LogP contribution in [0.2, 0.25) is 0 Å². The van der Waals surface area contributed by atoms with E-state index in [0.717, 1.165) is 71.1 Å². The summed E-state index contributed by atoms with van der Waals surface area (Å²) in [5, 5.41) is 10.5. The molecule has 0 aliphatic rings. The van der Waals surface area contributed by atoms with Gasteiger partial charge in [0.25, 0.3) is 0 Å². The molecule has 0 bridgehead atoms. The van der Waals surface area contributed by atoms with E-state index in [2.05, 4.69) is 144 Å². The van der Waals surface area contributed by atoms with Gasteiger partial charge in [-0.25, -0.2) is 9.97 Å². The van der Waals surface area contributed by atoms with Crippen LogP contribution in [-0.4, -0.2) is 14.5 Å². The van der Waals surface area contributed by atoms with Gasteiger partial charge in [0.05, 0.1) is 32.6 Å². The van der Waals surface area contributed by atoms with Crippen LogP contribution < -0.4 is 0 Å². The molecule has 0 saturated heterocycles. The first-order valence-corrected chi connectivity index (χ1v) is 18.6. The fourth-order valence-electron chi connectivity index (χ4n) is 8.31. The molecule has 5 heteroatoms. The minimum atomic E-state index is 0.706. The van der Waals surface area contributed by atoms with E-state index in [-0.39, 0.29) is 0 Å². The van der Waals surface area contributed by atoms with Crippen LogP contribution >= 0.6 is 11.3 Å². The summed E-state index contributed by atoms with van der Waals surface area (Å²) < 4.78 is 11.4. The molecule has 246 valence electrons. The molecule has 12 rings (SSSR count). The molecule has 0 aliphatic heterocycles. The molecule has 0 unspecified atom stereocenters. The molecule has 0 fully saturated rings. The molecule has 8 aromatic carbocycles. The third-order valence-electron chi connectivity index (χ3n) is 10.7. The number of aromatic nitrogens is 3. The van der Waals surface area contributed by atoms with Gasteiger partial charge in [-0.05, 0) is 64.0 Å². The smallest absolute Gasteiger partial charge is 0.160 e. The van der Waals surface area contributed by atoms with Gasteiger partial charge in [0.1, 0.15) is 11.2 Å². The number of para-hydroxylation sites is 1. The Morgan fingerprint density at radius 1 is 0.491 bits per heavy atom. The van der Waals surface area contributed by atoms with Gasteiger partial charge in [-0.15, -0.1) is 11.3 Å². The van der Waals surface area contributed by atoms with E-state index in [1.54, 1.807) is 11.3 Å². The summed E-state index contributed by atoms with van der Waals surface area (Å²) >= 11 is 1.75. The van der Waals surface area contributed by atoms with E-state index in [9.17, 15) is 0 Å². The summed E-state index contributed by atoms with van der Waals surface area (Å²) in [6.45, 7) is 0. The van der Waals surface area contributed by atoms with Crippen molar-refractivity contribution in [1.82, 2.24) is 14.5 Å². The Morgan fingerprint density at radius 3 is 1.81 bits per heavy atom. The lowest BCUT2D eigenvalue weighted by Gasteiger charge is -2.13. The highest BCUT2D eigenvalue weighted by atomic mass is 32.1. The first-order valence-electron chi connectivity index (χ1n) is 17.8. The van der Waals surface area contributed by atoms with Crippen molar-refractivity contribution < 1.29 is 4.42 Å². The second kappa shape index (κ2) is 10.8. The van der Waals surface area contributed by atoms with Crippen molar-refractivity contribution in [2.24, 2.45) is 0 Å². The van der Waals surface area contributed by atoms with Gasteiger partial charge in [-0.1, -0.05) is 115 Å². The van der Waals surface area contributed by atoms with Crippen molar-refractivity contribution in [3.8, 4) is 28.3 Å². The van der Waals surface area contributed by atoms with Crippen LogP contribution in [0.3, 0.4) is 0 Å². The quantitative estimate of drug-likeness (QED) is 0.185. The average Bonchev–Trinajstić information content (AvgIpc) is 3.88. The summed E-state index contributed by atoms with van der Waals surface area (Å²) in [5.41, 5.74) is 8.87. The molecule has 0 saturated carbocycles. The summed E-state index contributed by atoms with van der Waals surface area (Å²) in [6, 6.07) is 58.3. The van der Waals surface area contributed by atoms with Crippen molar-refractivity contribution in [1.29, 1.82) is 0 Å². The summed E-state index contributed by atoms with van der Waals surface area (Å²) in [7, 11) is 0. The SMILES string of the molecule is c1ccc(-c2nc(-c3cc(-n4c5cc6ccccc6cc5c5cc6ccccc6cc54)cc4oc5ccccc5c34)c3sc4ccccc4c3n2)cc1. The Balaban J connectivity index is 1.26. The van der Waals surface area contributed by atoms with Gasteiger partial charge < -0.3 is 8.98 Å². The van der Waals surface area contributed by atoms with Crippen LogP contribution in [-0.2, 0) is 0 Å². The van der Waals surface area contributed by atoms with Gasteiger partial charge in [0.15, 0.2) is 5.82 Å². The molecule has 0 N–H and O–H groups in total. The van der Waals surface area contributed by atoms with Crippen LogP contribution in [0.15, 0.2) is 168 Å². The van der Waals surface area contributed by atoms with E-state index in [0.29, 0.717) is 5.82 Å². The van der Waals surface area contributed by atoms with E-state index >= 15 is 0 Å². The van der Waals surface area contributed by atoms with Crippen LogP contribution in [0.4, 0.5) is 0 Å². The zero-order valence-corrected chi connectivity index (χ0v) is 29.1. The third kappa shape index (κ3) is 4.23. The maximum atomic E-state index is 6.75. The van der Waals surface area contributed by atoms with Gasteiger partial charge in [0, 0.05) is 48.8 Å². The van der Waals surface area contributed by atoms with Crippen LogP contribution in [0.25, 0.3) is 114 Å². The van der Waals surface area contributed by atoms with E-state index in [1.807, 2.05) is 24.3 Å². The normalized spacial score (nSPS) is 12.2. The van der Waals surface area contributed by atoms with Gasteiger partial charge in [0.2, 0.25) is 0 Å². The number of hydrogen-bond acceptors (Lipinski definition) is 4. The summed E-state index contributed by atoms with van der Waals surface area (Å²) in [4.78, 5) is 10.7. The molecule has 4 heterocycles. The van der Waals surface area contributed by atoms with Gasteiger partial charge >= 0.3 is 0 Å². The monoisotopic (exact) mass is 693 g/mol. The molecule has 53 heavy (non-hydrogen) atoms. The molecule has 0 atom stereocenters. The number of rotatable bonds is 3. The maximum Gasteiger partial charge on any atom is 0.160 e. The number of thiophene rings is 1. The molecule has 4 aromatic heterocycles. The zero-order valence-electron chi connectivity index (χ0n) is 28.2. The number of hydrogen-bond donors (Lipinski definition) is 0. The first kappa shape index (κ1) is 28.8. The molecule has 0 amide bonds. The fourth-order valence-corrected chi connectivity index (χ4v) is 9.46. The topological polar surface area (TPSA) is 43.9 Å². The van der Waals surface area contributed by atoms with Crippen LogP contribution in [0.1, 0.15) is 0 Å². The lowest BCUT2D eigenvalue weighted by Crippen LogP contribution is -1.98. The van der Waals surface area contributed by atoms with Crippen molar-refractivity contribution in [2.45, 2.75) is 0 Å². The van der Waals surface area contributed by atoms with Gasteiger partial charge in [-0.3, -0.25) is 0 Å². The zero-order chi connectivity index (χ0) is 34.6. The number of benzene rings is 8. The summed E-state index contributed by atoms with van der Waals surface area (Å²) in [5.74, 6) is 0.706. The third-order valence-corrected chi connectivity index (χ3v) is 11.9. The molecule has 0 spiro atoms. The van der Waals surface area contributed by atoms with Crippen molar-refractivity contribution >= 4 is 96.9 Å². The molecular formula is C48H27N3OS. The highest BCUT2D eigenvalue weighted by Gasteiger charge is 2.23. The second-order valence-electron chi connectivity index (χ2n) is 13.8.